The van der Waals surface area contributed by atoms with Crippen molar-refractivity contribution in [2.24, 2.45) is 0 Å². The average Bonchev–Trinajstić information content (AvgIpc) is 2.27. The second kappa shape index (κ2) is 4.20. The summed E-state index contributed by atoms with van der Waals surface area (Å²) in [4.78, 5) is 0. The van der Waals surface area contributed by atoms with E-state index in [-0.39, 0.29) is 0 Å². The van der Waals surface area contributed by atoms with Crippen molar-refractivity contribution >= 4 is 34.0 Å². The highest BCUT2D eigenvalue weighted by atomic mass is 35.5. The lowest BCUT2D eigenvalue weighted by molar-refractivity contribution is 1.35. The molecule has 0 saturated heterocycles. The fraction of sp³-hybridized carbons (Fsp3) is 0.167. The Labute approximate surface area is 93.4 Å². The standard InChI is InChI=1S/C12H10Cl2/c13-7-9-5-10-3-1-2-4-12(10)11(6-9)8-14/h1-6H,7-8H2. The number of fused-ring (bicyclic) bond motifs is 1. The summed E-state index contributed by atoms with van der Waals surface area (Å²) < 4.78 is 0. The maximum atomic E-state index is 5.89. The summed E-state index contributed by atoms with van der Waals surface area (Å²) in [7, 11) is 0. The maximum absolute atomic E-state index is 5.89. The zero-order valence-electron chi connectivity index (χ0n) is 7.63. The molecule has 0 amide bonds. The van der Waals surface area contributed by atoms with Gasteiger partial charge in [0.2, 0.25) is 0 Å². The minimum atomic E-state index is 0.533. The van der Waals surface area contributed by atoms with Crippen molar-refractivity contribution in [3.8, 4) is 0 Å². The number of alkyl halides is 2. The lowest BCUT2D eigenvalue weighted by Gasteiger charge is -2.05. The molecule has 0 aliphatic rings. The Balaban J connectivity index is 2.73. The second-order valence-electron chi connectivity index (χ2n) is 3.24. The van der Waals surface area contributed by atoms with Gasteiger partial charge in [-0.3, -0.25) is 0 Å². The van der Waals surface area contributed by atoms with Gasteiger partial charge in [0.05, 0.1) is 0 Å². The van der Waals surface area contributed by atoms with E-state index in [1.165, 1.54) is 10.8 Å². The second-order valence-corrected chi connectivity index (χ2v) is 3.78. The van der Waals surface area contributed by atoms with E-state index in [1.807, 2.05) is 12.1 Å². The van der Waals surface area contributed by atoms with E-state index in [1.54, 1.807) is 0 Å². The van der Waals surface area contributed by atoms with E-state index in [2.05, 4.69) is 24.3 Å². The van der Waals surface area contributed by atoms with Crippen LogP contribution in [-0.2, 0) is 11.8 Å². The van der Waals surface area contributed by atoms with Gasteiger partial charge in [-0.05, 0) is 28.0 Å². The van der Waals surface area contributed by atoms with Gasteiger partial charge >= 0.3 is 0 Å². The van der Waals surface area contributed by atoms with Crippen LogP contribution in [0.1, 0.15) is 11.1 Å². The number of rotatable bonds is 2. The first-order valence-corrected chi connectivity index (χ1v) is 5.54. The van der Waals surface area contributed by atoms with E-state index in [0.717, 1.165) is 11.1 Å². The molecule has 0 unspecified atom stereocenters. The normalized spacial score (nSPS) is 10.7. The minimum Gasteiger partial charge on any atom is -0.122 e. The van der Waals surface area contributed by atoms with Crippen LogP contribution < -0.4 is 0 Å². The van der Waals surface area contributed by atoms with Crippen LogP contribution in [-0.4, -0.2) is 0 Å². The molecule has 0 N–H and O–H groups in total. The van der Waals surface area contributed by atoms with Gasteiger partial charge in [-0.25, -0.2) is 0 Å². The quantitative estimate of drug-likeness (QED) is 0.667. The molecule has 2 rings (SSSR count). The van der Waals surface area contributed by atoms with Gasteiger partial charge < -0.3 is 0 Å². The number of benzene rings is 2. The van der Waals surface area contributed by atoms with Crippen LogP contribution in [0.2, 0.25) is 0 Å². The molecule has 0 nitrogen and oxygen atoms in total. The van der Waals surface area contributed by atoms with Crippen molar-refractivity contribution in [3.63, 3.8) is 0 Å². The Hall–Kier alpha value is -0.720. The zero-order chi connectivity index (χ0) is 9.97. The third-order valence-corrected chi connectivity index (χ3v) is 2.90. The monoisotopic (exact) mass is 224 g/mol. The number of halogens is 2. The van der Waals surface area contributed by atoms with Crippen molar-refractivity contribution in [1.82, 2.24) is 0 Å². The van der Waals surface area contributed by atoms with Crippen LogP contribution in [0.3, 0.4) is 0 Å². The molecule has 0 heterocycles. The molecule has 2 heteroatoms. The van der Waals surface area contributed by atoms with Crippen LogP contribution in [0.4, 0.5) is 0 Å². The molecule has 0 fully saturated rings. The topological polar surface area (TPSA) is 0 Å². The molecule has 2 aromatic carbocycles. The van der Waals surface area contributed by atoms with Crippen LogP contribution in [0, 0.1) is 0 Å². The van der Waals surface area contributed by atoms with Crippen molar-refractivity contribution < 1.29 is 0 Å². The Morgan fingerprint density at radius 1 is 0.929 bits per heavy atom. The van der Waals surface area contributed by atoms with Crippen LogP contribution >= 0.6 is 23.2 Å². The molecule has 72 valence electrons. The lowest BCUT2D eigenvalue weighted by atomic mass is 10.0. The van der Waals surface area contributed by atoms with Crippen LogP contribution in [0.25, 0.3) is 10.8 Å². The maximum Gasteiger partial charge on any atom is 0.0480 e. The summed E-state index contributed by atoms with van der Waals surface area (Å²) in [6.45, 7) is 0. The van der Waals surface area contributed by atoms with E-state index in [0.29, 0.717) is 11.8 Å². The molecular weight excluding hydrogens is 215 g/mol. The summed E-state index contributed by atoms with van der Waals surface area (Å²) in [5.41, 5.74) is 2.28. The van der Waals surface area contributed by atoms with Crippen molar-refractivity contribution in [2.45, 2.75) is 11.8 Å². The molecular formula is C12H10Cl2. The fourth-order valence-electron chi connectivity index (χ4n) is 1.65. The molecule has 0 atom stereocenters. The van der Waals surface area contributed by atoms with Gasteiger partial charge in [0.25, 0.3) is 0 Å². The molecule has 14 heavy (non-hydrogen) atoms. The van der Waals surface area contributed by atoms with Crippen molar-refractivity contribution in [2.75, 3.05) is 0 Å². The number of hydrogen-bond donors (Lipinski definition) is 0. The summed E-state index contributed by atoms with van der Waals surface area (Å²) >= 11 is 11.7. The van der Waals surface area contributed by atoms with E-state index >= 15 is 0 Å². The van der Waals surface area contributed by atoms with E-state index in [4.69, 9.17) is 23.2 Å². The third kappa shape index (κ3) is 1.73. The molecule has 0 spiro atoms. The molecule has 0 aromatic heterocycles. The van der Waals surface area contributed by atoms with Gasteiger partial charge in [-0.1, -0.05) is 30.3 Å². The van der Waals surface area contributed by atoms with Gasteiger partial charge in [0.15, 0.2) is 0 Å². The highest BCUT2D eigenvalue weighted by molar-refractivity contribution is 6.18. The minimum absolute atomic E-state index is 0.533. The largest absolute Gasteiger partial charge is 0.122 e. The summed E-state index contributed by atoms with van der Waals surface area (Å²) in [5, 5.41) is 2.43. The highest BCUT2D eigenvalue weighted by Crippen LogP contribution is 2.23. The van der Waals surface area contributed by atoms with Gasteiger partial charge in [0.1, 0.15) is 0 Å². The summed E-state index contributed by atoms with van der Waals surface area (Å²) in [6.07, 6.45) is 0. The van der Waals surface area contributed by atoms with Crippen molar-refractivity contribution in [3.05, 3.63) is 47.5 Å². The Bertz CT molecular complexity index is 449. The Kier molecular flexibility index (Phi) is 2.95. The Morgan fingerprint density at radius 2 is 1.71 bits per heavy atom. The van der Waals surface area contributed by atoms with Gasteiger partial charge in [0, 0.05) is 11.8 Å². The third-order valence-electron chi connectivity index (χ3n) is 2.31. The predicted molar refractivity (Wildman–Crippen MR) is 63.1 cm³/mol. The van der Waals surface area contributed by atoms with Gasteiger partial charge in [-0.2, -0.15) is 0 Å². The molecule has 2 aromatic rings. The van der Waals surface area contributed by atoms with Crippen LogP contribution in [0.15, 0.2) is 36.4 Å². The number of hydrogen-bond acceptors (Lipinski definition) is 0. The highest BCUT2D eigenvalue weighted by Gasteiger charge is 2.01. The summed E-state index contributed by atoms with van der Waals surface area (Å²) in [6, 6.07) is 12.4. The van der Waals surface area contributed by atoms with Gasteiger partial charge in [-0.15, -0.1) is 23.2 Å². The molecule has 0 bridgehead atoms. The molecule has 0 radical (unpaired) electrons. The molecule has 0 aliphatic heterocycles. The first kappa shape index (κ1) is 9.82. The molecule has 0 aliphatic carbocycles. The lowest BCUT2D eigenvalue weighted by Crippen LogP contribution is -1.86. The average molecular weight is 225 g/mol. The smallest absolute Gasteiger partial charge is 0.0480 e. The zero-order valence-corrected chi connectivity index (χ0v) is 9.15. The van der Waals surface area contributed by atoms with E-state index < -0.39 is 0 Å². The Morgan fingerprint density at radius 3 is 2.43 bits per heavy atom. The first-order valence-electron chi connectivity index (χ1n) is 4.47. The van der Waals surface area contributed by atoms with Crippen LogP contribution in [0.5, 0.6) is 0 Å². The van der Waals surface area contributed by atoms with Crippen molar-refractivity contribution in [1.29, 1.82) is 0 Å². The van der Waals surface area contributed by atoms with E-state index in [9.17, 15) is 0 Å². The molecule has 0 saturated carbocycles. The SMILES string of the molecule is ClCc1cc(CCl)c2ccccc2c1. The first-order chi connectivity index (χ1) is 6.85. The predicted octanol–water partition coefficient (Wildman–Crippen LogP) is 4.32. The summed E-state index contributed by atoms with van der Waals surface area (Å²) in [5.74, 6) is 1.07. The fourth-order valence-corrected chi connectivity index (χ4v) is 2.02.